The molecule has 0 radical (unpaired) electrons. The van der Waals surface area contributed by atoms with Crippen molar-refractivity contribution in [3.63, 3.8) is 0 Å². The van der Waals surface area contributed by atoms with Gasteiger partial charge < -0.3 is 9.84 Å². The van der Waals surface area contributed by atoms with Crippen molar-refractivity contribution in [3.05, 3.63) is 35.1 Å². The molecular weight excluding hydrogens is 274 g/mol. The van der Waals surface area contributed by atoms with Crippen LogP contribution in [0.25, 0.3) is 10.8 Å². The average Bonchev–Trinajstić information content (AvgIpc) is 2.28. The molecule has 1 heterocycles. The maximum absolute atomic E-state index is 10.4. The number of carbonyl (C=O) groups is 1. The number of hydrogen-bond donors (Lipinski definition) is 1. The molecule has 2 aromatic rings. The summed E-state index contributed by atoms with van der Waals surface area (Å²) in [5.74, 6) is -0.451. The fourth-order valence-electron chi connectivity index (χ4n) is 1.39. The van der Waals surface area contributed by atoms with Crippen molar-refractivity contribution >= 4 is 32.7 Å². The summed E-state index contributed by atoms with van der Waals surface area (Å²) in [6, 6.07) is 5.33. The molecule has 1 aromatic heterocycles. The molecule has 0 spiro atoms. The molecule has 5 heteroatoms. The summed E-state index contributed by atoms with van der Waals surface area (Å²) in [6.45, 7) is -0.348. The number of nitrogens with zero attached hydrogens (tertiary/aromatic N) is 1. The molecule has 0 amide bonds. The number of pyridine rings is 1. The Morgan fingerprint density at radius 3 is 2.94 bits per heavy atom. The lowest BCUT2D eigenvalue weighted by molar-refractivity contribution is -0.139. The van der Waals surface area contributed by atoms with Gasteiger partial charge >= 0.3 is 5.97 Å². The fraction of sp³-hybridized carbons (Fsp3) is 0.0909. The van der Waals surface area contributed by atoms with Crippen LogP contribution in [0.3, 0.4) is 0 Å². The topological polar surface area (TPSA) is 59.4 Å². The lowest BCUT2D eigenvalue weighted by Gasteiger charge is -2.07. The molecule has 0 atom stereocenters. The van der Waals surface area contributed by atoms with Crippen LogP contribution in [0.2, 0.25) is 0 Å². The molecule has 0 aliphatic rings. The van der Waals surface area contributed by atoms with Crippen LogP contribution >= 0.6 is 15.9 Å². The number of benzene rings is 1. The van der Waals surface area contributed by atoms with Crippen molar-refractivity contribution in [3.8, 4) is 5.75 Å². The molecule has 1 N–H and O–H groups in total. The number of carboxylic acids is 1. The van der Waals surface area contributed by atoms with E-state index in [1.165, 1.54) is 0 Å². The summed E-state index contributed by atoms with van der Waals surface area (Å²) in [7, 11) is 0. The molecule has 0 saturated carbocycles. The fourth-order valence-corrected chi connectivity index (χ4v) is 1.84. The third-order valence-electron chi connectivity index (χ3n) is 2.08. The van der Waals surface area contributed by atoms with Gasteiger partial charge in [0.2, 0.25) is 0 Å². The first-order chi connectivity index (χ1) is 7.68. The standard InChI is InChI=1S/C11H8BrNO3/c12-9-1-2-10(16-6-11(14)15)7-3-4-13-5-8(7)9/h1-5H,6H2,(H,14,15). The summed E-state index contributed by atoms with van der Waals surface area (Å²) >= 11 is 3.40. The van der Waals surface area contributed by atoms with Gasteiger partial charge in [0.1, 0.15) is 5.75 Å². The Bertz CT molecular complexity index is 542. The molecule has 0 fully saturated rings. The van der Waals surface area contributed by atoms with Gasteiger partial charge in [0.25, 0.3) is 0 Å². The maximum Gasteiger partial charge on any atom is 0.341 e. The van der Waals surface area contributed by atoms with Crippen LogP contribution in [0.5, 0.6) is 5.75 Å². The molecule has 1 aromatic carbocycles. The van der Waals surface area contributed by atoms with Gasteiger partial charge in [-0.2, -0.15) is 0 Å². The second kappa shape index (κ2) is 4.49. The maximum atomic E-state index is 10.4. The summed E-state index contributed by atoms with van der Waals surface area (Å²) in [5.41, 5.74) is 0. The number of aliphatic carboxylic acids is 1. The first-order valence-corrected chi connectivity index (χ1v) is 5.34. The van der Waals surface area contributed by atoms with Crippen molar-refractivity contribution in [2.45, 2.75) is 0 Å². The zero-order valence-corrected chi connectivity index (χ0v) is 9.77. The molecule has 0 saturated heterocycles. The molecule has 4 nitrogen and oxygen atoms in total. The third-order valence-corrected chi connectivity index (χ3v) is 2.77. The SMILES string of the molecule is O=C(O)COc1ccc(Br)c2cnccc12. The number of carboxylic acid groups (broad SMARTS) is 1. The minimum Gasteiger partial charge on any atom is -0.481 e. The molecule has 82 valence electrons. The van der Waals surface area contributed by atoms with Gasteiger partial charge in [0, 0.05) is 27.6 Å². The van der Waals surface area contributed by atoms with Gasteiger partial charge in [0.15, 0.2) is 6.61 Å². The van der Waals surface area contributed by atoms with Crippen molar-refractivity contribution in [2.24, 2.45) is 0 Å². The quantitative estimate of drug-likeness (QED) is 0.939. The van der Waals surface area contributed by atoms with Gasteiger partial charge in [-0.05, 0) is 18.2 Å². The Morgan fingerprint density at radius 1 is 1.38 bits per heavy atom. The van der Waals surface area contributed by atoms with E-state index < -0.39 is 5.97 Å². The summed E-state index contributed by atoms with van der Waals surface area (Å²) in [5, 5.41) is 10.3. The van der Waals surface area contributed by atoms with E-state index in [4.69, 9.17) is 9.84 Å². The molecule has 0 unspecified atom stereocenters. The molecule has 0 aliphatic carbocycles. The van der Waals surface area contributed by atoms with E-state index in [9.17, 15) is 4.79 Å². The molecule has 0 aliphatic heterocycles. The Morgan fingerprint density at radius 2 is 2.19 bits per heavy atom. The Balaban J connectivity index is 2.46. The van der Waals surface area contributed by atoms with Crippen LogP contribution in [0, 0.1) is 0 Å². The van der Waals surface area contributed by atoms with E-state index in [-0.39, 0.29) is 6.61 Å². The molecule has 0 bridgehead atoms. The predicted molar refractivity (Wildman–Crippen MR) is 62.6 cm³/mol. The lowest BCUT2D eigenvalue weighted by Crippen LogP contribution is -2.09. The van der Waals surface area contributed by atoms with E-state index in [1.807, 2.05) is 0 Å². The van der Waals surface area contributed by atoms with Crippen molar-refractivity contribution in [2.75, 3.05) is 6.61 Å². The molecule has 2 rings (SSSR count). The van der Waals surface area contributed by atoms with Gasteiger partial charge in [-0.15, -0.1) is 0 Å². The minimum absolute atomic E-state index is 0.348. The highest BCUT2D eigenvalue weighted by Gasteiger charge is 2.06. The Hall–Kier alpha value is -1.62. The van der Waals surface area contributed by atoms with Crippen molar-refractivity contribution in [1.82, 2.24) is 4.98 Å². The normalized spacial score (nSPS) is 10.3. The predicted octanol–water partition coefficient (Wildman–Crippen LogP) is 2.46. The minimum atomic E-state index is -0.995. The summed E-state index contributed by atoms with van der Waals surface area (Å²) < 4.78 is 6.09. The number of fused-ring (bicyclic) bond motifs is 1. The number of halogens is 1. The second-order valence-electron chi connectivity index (χ2n) is 3.15. The van der Waals surface area contributed by atoms with Crippen LogP contribution in [0.15, 0.2) is 35.1 Å². The first-order valence-electron chi connectivity index (χ1n) is 4.55. The Kier molecular flexibility index (Phi) is 3.05. The second-order valence-corrected chi connectivity index (χ2v) is 4.00. The smallest absolute Gasteiger partial charge is 0.341 e. The Labute approximate surface area is 100.0 Å². The van der Waals surface area contributed by atoms with Gasteiger partial charge in [0.05, 0.1) is 0 Å². The summed E-state index contributed by atoms with van der Waals surface area (Å²) in [6.07, 6.45) is 3.34. The highest BCUT2D eigenvalue weighted by molar-refractivity contribution is 9.10. The largest absolute Gasteiger partial charge is 0.481 e. The number of hydrogen-bond acceptors (Lipinski definition) is 3. The summed E-state index contributed by atoms with van der Waals surface area (Å²) in [4.78, 5) is 14.4. The highest BCUT2D eigenvalue weighted by Crippen LogP contribution is 2.30. The number of rotatable bonds is 3. The average molecular weight is 282 g/mol. The highest BCUT2D eigenvalue weighted by atomic mass is 79.9. The lowest BCUT2D eigenvalue weighted by atomic mass is 10.1. The van der Waals surface area contributed by atoms with Crippen LogP contribution < -0.4 is 4.74 Å². The van der Waals surface area contributed by atoms with E-state index in [0.717, 1.165) is 15.2 Å². The van der Waals surface area contributed by atoms with Crippen LogP contribution in [0.1, 0.15) is 0 Å². The van der Waals surface area contributed by atoms with Crippen LogP contribution in [0.4, 0.5) is 0 Å². The number of ether oxygens (including phenoxy) is 1. The van der Waals surface area contributed by atoms with Gasteiger partial charge in [-0.25, -0.2) is 4.79 Å². The monoisotopic (exact) mass is 281 g/mol. The van der Waals surface area contributed by atoms with E-state index in [1.54, 1.807) is 30.6 Å². The zero-order valence-electron chi connectivity index (χ0n) is 8.18. The van der Waals surface area contributed by atoms with Gasteiger partial charge in [-0.1, -0.05) is 15.9 Å². The third kappa shape index (κ3) is 2.14. The van der Waals surface area contributed by atoms with E-state index in [2.05, 4.69) is 20.9 Å². The van der Waals surface area contributed by atoms with Crippen LogP contribution in [-0.4, -0.2) is 22.7 Å². The van der Waals surface area contributed by atoms with Crippen molar-refractivity contribution < 1.29 is 14.6 Å². The van der Waals surface area contributed by atoms with Crippen LogP contribution in [-0.2, 0) is 4.79 Å². The molecular formula is C11H8BrNO3. The first kappa shape index (κ1) is 10.9. The van der Waals surface area contributed by atoms with E-state index >= 15 is 0 Å². The van der Waals surface area contributed by atoms with Gasteiger partial charge in [-0.3, -0.25) is 4.98 Å². The van der Waals surface area contributed by atoms with Crippen molar-refractivity contribution in [1.29, 1.82) is 0 Å². The number of aromatic nitrogens is 1. The molecule has 16 heavy (non-hydrogen) atoms. The zero-order chi connectivity index (χ0) is 11.5. The van der Waals surface area contributed by atoms with E-state index in [0.29, 0.717) is 5.75 Å².